The molecule has 0 heterocycles. The number of halogens is 1. The van der Waals surface area contributed by atoms with E-state index in [4.69, 9.17) is 16.3 Å². The highest BCUT2D eigenvalue weighted by Gasteiger charge is 2.17. The van der Waals surface area contributed by atoms with Gasteiger partial charge < -0.3 is 4.74 Å². The van der Waals surface area contributed by atoms with E-state index in [9.17, 15) is 4.79 Å². The van der Waals surface area contributed by atoms with Gasteiger partial charge in [-0.1, -0.05) is 33.3 Å². The SMILES string of the molecule is C=C(C(=O)OC(CC)CCCCC)C(C)Cl. The van der Waals surface area contributed by atoms with Gasteiger partial charge in [0.25, 0.3) is 0 Å². The lowest BCUT2D eigenvalue weighted by atomic mass is 10.1. The zero-order chi connectivity index (χ0) is 12.6. The molecule has 0 aromatic rings. The molecule has 0 amide bonds. The maximum atomic E-state index is 11.6. The molecule has 0 spiro atoms. The molecular weight excluding hydrogens is 224 g/mol. The fourth-order valence-electron chi connectivity index (χ4n) is 1.36. The smallest absolute Gasteiger partial charge is 0.335 e. The van der Waals surface area contributed by atoms with Gasteiger partial charge in [0.15, 0.2) is 0 Å². The van der Waals surface area contributed by atoms with Crippen LogP contribution in [0.1, 0.15) is 52.9 Å². The van der Waals surface area contributed by atoms with Crippen LogP contribution >= 0.6 is 11.6 Å². The number of esters is 1. The molecular formula is C13H23ClO2. The Hall–Kier alpha value is -0.500. The highest BCUT2D eigenvalue weighted by atomic mass is 35.5. The molecule has 0 saturated heterocycles. The highest BCUT2D eigenvalue weighted by Crippen LogP contribution is 2.14. The molecule has 0 aliphatic rings. The summed E-state index contributed by atoms with van der Waals surface area (Å²) in [5, 5.41) is -0.361. The van der Waals surface area contributed by atoms with Crippen molar-refractivity contribution in [3.05, 3.63) is 12.2 Å². The van der Waals surface area contributed by atoms with Gasteiger partial charge in [-0.3, -0.25) is 0 Å². The van der Waals surface area contributed by atoms with Crippen LogP contribution in [0, 0.1) is 0 Å². The van der Waals surface area contributed by atoms with Crippen molar-refractivity contribution in [3.63, 3.8) is 0 Å². The van der Waals surface area contributed by atoms with Crippen molar-refractivity contribution < 1.29 is 9.53 Å². The Balaban J connectivity index is 4.01. The Morgan fingerprint density at radius 1 is 1.38 bits per heavy atom. The van der Waals surface area contributed by atoms with Gasteiger partial charge in [-0.2, -0.15) is 0 Å². The fourth-order valence-corrected chi connectivity index (χ4v) is 1.45. The first-order valence-electron chi connectivity index (χ1n) is 6.06. The molecule has 0 radical (unpaired) electrons. The molecule has 16 heavy (non-hydrogen) atoms. The molecule has 2 nitrogen and oxygen atoms in total. The first kappa shape index (κ1) is 15.5. The number of alkyl halides is 1. The standard InChI is InChI=1S/C13H23ClO2/c1-5-7-8-9-12(6-2)16-13(15)10(3)11(4)14/h11-12H,3,5-9H2,1-2,4H3. The molecule has 0 N–H and O–H groups in total. The molecule has 2 unspecified atom stereocenters. The Morgan fingerprint density at radius 3 is 2.44 bits per heavy atom. The Morgan fingerprint density at radius 2 is 2.00 bits per heavy atom. The molecule has 0 aliphatic heterocycles. The lowest BCUT2D eigenvalue weighted by Crippen LogP contribution is -2.21. The summed E-state index contributed by atoms with van der Waals surface area (Å²) < 4.78 is 5.35. The van der Waals surface area contributed by atoms with E-state index in [0.29, 0.717) is 5.57 Å². The van der Waals surface area contributed by atoms with E-state index in [1.165, 1.54) is 12.8 Å². The molecule has 0 fully saturated rings. The summed E-state index contributed by atoms with van der Waals surface area (Å²) in [7, 11) is 0. The van der Waals surface area contributed by atoms with Crippen molar-refractivity contribution in [2.24, 2.45) is 0 Å². The third kappa shape index (κ3) is 6.16. The second-order valence-electron chi connectivity index (χ2n) is 4.07. The van der Waals surface area contributed by atoms with Crippen LogP contribution in [0.25, 0.3) is 0 Å². The molecule has 0 aromatic heterocycles. The Labute approximate surface area is 104 Å². The topological polar surface area (TPSA) is 26.3 Å². The zero-order valence-corrected chi connectivity index (χ0v) is 11.3. The number of carbonyl (C=O) groups excluding carboxylic acids is 1. The van der Waals surface area contributed by atoms with Crippen molar-refractivity contribution in [3.8, 4) is 0 Å². The van der Waals surface area contributed by atoms with Crippen LogP contribution in [-0.2, 0) is 9.53 Å². The van der Waals surface area contributed by atoms with E-state index in [1.807, 2.05) is 6.92 Å². The third-order valence-electron chi connectivity index (χ3n) is 2.60. The van der Waals surface area contributed by atoms with E-state index in [-0.39, 0.29) is 17.5 Å². The molecule has 0 rings (SSSR count). The normalized spacial score (nSPS) is 14.2. The molecule has 0 saturated carbocycles. The summed E-state index contributed by atoms with van der Waals surface area (Å²) in [6.07, 6.45) is 5.24. The lowest BCUT2D eigenvalue weighted by Gasteiger charge is -2.17. The summed E-state index contributed by atoms with van der Waals surface area (Å²) in [4.78, 5) is 11.6. The molecule has 0 bridgehead atoms. The maximum Gasteiger partial charge on any atom is 0.335 e. The minimum absolute atomic E-state index is 0.00576. The van der Waals surface area contributed by atoms with E-state index < -0.39 is 0 Å². The molecule has 2 atom stereocenters. The molecule has 0 aromatic carbocycles. The number of hydrogen-bond donors (Lipinski definition) is 0. The number of hydrogen-bond acceptors (Lipinski definition) is 2. The van der Waals surface area contributed by atoms with Crippen molar-refractivity contribution in [2.45, 2.75) is 64.4 Å². The number of ether oxygens (including phenoxy) is 1. The first-order chi connectivity index (χ1) is 7.52. The Kier molecular flexibility index (Phi) is 8.36. The van der Waals surface area contributed by atoms with Crippen LogP contribution < -0.4 is 0 Å². The second kappa shape index (κ2) is 8.63. The average molecular weight is 247 g/mol. The van der Waals surface area contributed by atoms with E-state index in [2.05, 4.69) is 13.5 Å². The van der Waals surface area contributed by atoms with Crippen LogP contribution in [0.15, 0.2) is 12.2 Å². The van der Waals surface area contributed by atoms with Gasteiger partial charge >= 0.3 is 5.97 Å². The maximum absolute atomic E-state index is 11.6. The largest absolute Gasteiger partial charge is 0.459 e. The first-order valence-corrected chi connectivity index (χ1v) is 6.50. The number of unbranched alkanes of at least 4 members (excludes halogenated alkanes) is 2. The summed E-state index contributed by atoms with van der Waals surface area (Å²) in [6, 6.07) is 0. The molecule has 94 valence electrons. The van der Waals surface area contributed by atoms with Crippen LogP contribution in [0.2, 0.25) is 0 Å². The summed E-state index contributed by atoms with van der Waals surface area (Å²) in [5.74, 6) is -0.356. The quantitative estimate of drug-likeness (QED) is 0.279. The van der Waals surface area contributed by atoms with Gasteiger partial charge in [0.1, 0.15) is 6.10 Å². The predicted molar refractivity (Wildman–Crippen MR) is 68.8 cm³/mol. The number of rotatable bonds is 8. The summed E-state index contributed by atoms with van der Waals surface area (Å²) >= 11 is 5.78. The van der Waals surface area contributed by atoms with Crippen LogP contribution in [-0.4, -0.2) is 17.5 Å². The van der Waals surface area contributed by atoms with Crippen molar-refractivity contribution in [1.82, 2.24) is 0 Å². The van der Waals surface area contributed by atoms with Gasteiger partial charge in [0.05, 0.1) is 5.38 Å². The van der Waals surface area contributed by atoms with E-state index in [1.54, 1.807) is 6.92 Å². The van der Waals surface area contributed by atoms with Crippen molar-refractivity contribution >= 4 is 17.6 Å². The van der Waals surface area contributed by atoms with Crippen LogP contribution in [0.3, 0.4) is 0 Å². The summed E-state index contributed by atoms with van der Waals surface area (Å²) in [5.41, 5.74) is 0.343. The van der Waals surface area contributed by atoms with Gasteiger partial charge in [0, 0.05) is 5.57 Å². The van der Waals surface area contributed by atoms with Crippen LogP contribution in [0.4, 0.5) is 0 Å². The lowest BCUT2D eigenvalue weighted by molar-refractivity contribution is -0.144. The van der Waals surface area contributed by atoms with Gasteiger partial charge in [-0.25, -0.2) is 4.79 Å². The highest BCUT2D eigenvalue weighted by molar-refractivity contribution is 6.24. The number of carbonyl (C=O) groups is 1. The minimum Gasteiger partial charge on any atom is -0.459 e. The van der Waals surface area contributed by atoms with Crippen molar-refractivity contribution in [1.29, 1.82) is 0 Å². The molecule has 3 heteroatoms. The van der Waals surface area contributed by atoms with Crippen molar-refractivity contribution in [2.75, 3.05) is 0 Å². The second-order valence-corrected chi connectivity index (χ2v) is 4.73. The van der Waals surface area contributed by atoms with Crippen LogP contribution in [0.5, 0.6) is 0 Å². The Bertz CT molecular complexity index is 224. The predicted octanol–water partition coefficient (Wildman–Crippen LogP) is 4.07. The minimum atomic E-state index is -0.361. The third-order valence-corrected chi connectivity index (χ3v) is 2.86. The van der Waals surface area contributed by atoms with Gasteiger partial charge in [0.2, 0.25) is 0 Å². The fraction of sp³-hybridized carbons (Fsp3) is 0.769. The van der Waals surface area contributed by atoms with E-state index >= 15 is 0 Å². The van der Waals surface area contributed by atoms with E-state index in [0.717, 1.165) is 19.3 Å². The van der Waals surface area contributed by atoms with Gasteiger partial charge in [-0.05, 0) is 26.2 Å². The zero-order valence-electron chi connectivity index (χ0n) is 10.6. The van der Waals surface area contributed by atoms with Gasteiger partial charge in [-0.15, -0.1) is 11.6 Å². The monoisotopic (exact) mass is 246 g/mol. The molecule has 0 aliphatic carbocycles. The summed E-state index contributed by atoms with van der Waals surface area (Å²) in [6.45, 7) is 9.54. The average Bonchev–Trinajstić information content (AvgIpc) is 2.26.